The number of sulfonamides is 1. The third kappa shape index (κ3) is 8.56. The van der Waals surface area contributed by atoms with Crippen molar-refractivity contribution in [3.8, 4) is 5.75 Å². The Hall–Kier alpha value is -2.98. The standard InChI is InChI=1S/C31H36Cl3N3O5S/c1-5-7-17-35-31(39)27(6-2)36(19-24-25(33)9-8-10-26(24)34)30(38)20-37(28-18-22(32)13-16-29(28)42-4)43(40,41)23-14-11-21(3)12-15-23/h8-16,18,27H,5-7,17,19-20H2,1-4H3,(H,35,39)/t27-/m0/s1. The number of aryl methyl sites for hydroxylation is 1. The zero-order chi connectivity index (χ0) is 31.7. The zero-order valence-electron chi connectivity index (χ0n) is 24.6. The smallest absolute Gasteiger partial charge is 0.264 e. The number of unbranched alkanes of at least 4 members (excludes halogenated alkanes) is 1. The number of carbonyl (C=O) groups is 2. The molecule has 1 N–H and O–H groups in total. The predicted octanol–water partition coefficient (Wildman–Crippen LogP) is 6.88. The Balaban J connectivity index is 2.14. The molecule has 0 aliphatic heterocycles. The van der Waals surface area contributed by atoms with Crippen LogP contribution in [0.4, 0.5) is 5.69 Å². The fourth-order valence-electron chi connectivity index (χ4n) is 4.49. The molecule has 232 valence electrons. The van der Waals surface area contributed by atoms with E-state index < -0.39 is 28.5 Å². The molecule has 0 heterocycles. The van der Waals surface area contributed by atoms with Gasteiger partial charge in [-0.2, -0.15) is 0 Å². The van der Waals surface area contributed by atoms with Crippen molar-refractivity contribution in [1.29, 1.82) is 0 Å². The molecule has 3 rings (SSSR count). The number of hydrogen-bond donors (Lipinski definition) is 1. The number of benzene rings is 3. The molecule has 2 amide bonds. The highest BCUT2D eigenvalue weighted by Gasteiger charge is 2.35. The lowest BCUT2D eigenvalue weighted by Gasteiger charge is -2.34. The van der Waals surface area contributed by atoms with Crippen LogP contribution in [0.25, 0.3) is 0 Å². The van der Waals surface area contributed by atoms with Crippen molar-refractivity contribution >= 4 is 62.3 Å². The van der Waals surface area contributed by atoms with E-state index in [1.807, 2.05) is 13.8 Å². The molecule has 12 heteroatoms. The summed E-state index contributed by atoms with van der Waals surface area (Å²) >= 11 is 19.2. The van der Waals surface area contributed by atoms with E-state index in [1.54, 1.807) is 43.3 Å². The van der Waals surface area contributed by atoms with E-state index in [2.05, 4.69) is 5.32 Å². The van der Waals surface area contributed by atoms with Crippen LogP contribution in [0.1, 0.15) is 44.2 Å². The van der Waals surface area contributed by atoms with Crippen molar-refractivity contribution in [3.63, 3.8) is 0 Å². The van der Waals surface area contributed by atoms with E-state index in [-0.39, 0.29) is 40.2 Å². The first-order valence-corrected chi connectivity index (χ1v) is 16.4. The zero-order valence-corrected chi connectivity index (χ0v) is 27.7. The number of nitrogens with one attached hydrogen (secondary N) is 1. The molecule has 0 unspecified atom stereocenters. The maximum Gasteiger partial charge on any atom is 0.264 e. The maximum absolute atomic E-state index is 14.3. The van der Waals surface area contributed by atoms with Crippen molar-refractivity contribution in [1.82, 2.24) is 10.2 Å². The van der Waals surface area contributed by atoms with E-state index in [1.165, 1.54) is 36.3 Å². The summed E-state index contributed by atoms with van der Waals surface area (Å²) in [6.45, 7) is 5.28. The maximum atomic E-state index is 14.3. The van der Waals surface area contributed by atoms with Gasteiger partial charge in [-0.3, -0.25) is 13.9 Å². The molecule has 0 spiro atoms. The number of methoxy groups -OCH3 is 1. The number of carbonyl (C=O) groups excluding carboxylic acids is 2. The summed E-state index contributed by atoms with van der Waals surface area (Å²) < 4.78 is 34.7. The summed E-state index contributed by atoms with van der Waals surface area (Å²) in [5.41, 5.74) is 1.37. The van der Waals surface area contributed by atoms with Crippen LogP contribution in [0, 0.1) is 6.92 Å². The Kier molecular flexibility index (Phi) is 12.6. The summed E-state index contributed by atoms with van der Waals surface area (Å²) in [6.07, 6.45) is 1.91. The quantitative estimate of drug-likeness (QED) is 0.189. The fraction of sp³-hybridized carbons (Fsp3) is 0.355. The first kappa shape index (κ1) is 34.5. The Morgan fingerprint density at radius 1 is 0.977 bits per heavy atom. The van der Waals surface area contributed by atoms with Crippen LogP contribution in [0.2, 0.25) is 15.1 Å². The number of anilines is 1. The van der Waals surface area contributed by atoms with Gasteiger partial charge in [-0.15, -0.1) is 0 Å². The Morgan fingerprint density at radius 3 is 2.21 bits per heavy atom. The number of ether oxygens (including phenoxy) is 1. The van der Waals surface area contributed by atoms with Crippen molar-refractivity contribution in [2.24, 2.45) is 0 Å². The minimum atomic E-state index is -4.31. The molecule has 43 heavy (non-hydrogen) atoms. The second-order valence-corrected chi connectivity index (χ2v) is 13.0. The van der Waals surface area contributed by atoms with Crippen molar-refractivity contribution in [2.75, 3.05) is 24.5 Å². The summed E-state index contributed by atoms with van der Waals surface area (Å²) in [6, 6.07) is 14.8. The van der Waals surface area contributed by atoms with Crippen LogP contribution in [0.3, 0.4) is 0 Å². The average molecular weight is 669 g/mol. The second-order valence-electron chi connectivity index (χ2n) is 9.93. The molecule has 3 aromatic rings. The minimum Gasteiger partial charge on any atom is -0.495 e. The van der Waals surface area contributed by atoms with Crippen LogP contribution < -0.4 is 14.4 Å². The van der Waals surface area contributed by atoms with E-state index in [0.717, 1.165) is 22.7 Å². The van der Waals surface area contributed by atoms with Crippen LogP contribution in [0.15, 0.2) is 65.6 Å². The predicted molar refractivity (Wildman–Crippen MR) is 173 cm³/mol. The van der Waals surface area contributed by atoms with Gasteiger partial charge in [0.25, 0.3) is 10.0 Å². The van der Waals surface area contributed by atoms with Gasteiger partial charge in [-0.05, 0) is 62.2 Å². The van der Waals surface area contributed by atoms with Gasteiger partial charge in [0, 0.05) is 33.7 Å². The van der Waals surface area contributed by atoms with Gasteiger partial charge in [0.15, 0.2) is 0 Å². The molecule has 3 aromatic carbocycles. The highest BCUT2D eigenvalue weighted by atomic mass is 35.5. The molecular formula is C31H36Cl3N3O5S. The number of halogens is 3. The largest absolute Gasteiger partial charge is 0.495 e. The van der Waals surface area contributed by atoms with Crippen LogP contribution in [-0.4, -0.2) is 51.4 Å². The monoisotopic (exact) mass is 667 g/mol. The number of amides is 2. The summed E-state index contributed by atoms with van der Waals surface area (Å²) in [7, 11) is -2.92. The molecule has 0 radical (unpaired) electrons. The van der Waals surface area contributed by atoms with Gasteiger partial charge < -0.3 is 15.0 Å². The Morgan fingerprint density at radius 2 is 1.63 bits per heavy atom. The van der Waals surface area contributed by atoms with Gasteiger partial charge in [0.2, 0.25) is 11.8 Å². The Bertz CT molecular complexity index is 1510. The lowest BCUT2D eigenvalue weighted by molar-refractivity contribution is -0.140. The summed E-state index contributed by atoms with van der Waals surface area (Å²) in [4.78, 5) is 28.9. The van der Waals surface area contributed by atoms with Gasteiger partial charge in [0.05, 0.1) is 17.7 Å². The first-order valence-electron chi connectivity index (χ1n) is 13.9. The Labute approximate surface area is 268 Å². The highest BCUT2D eigenvalue weighted by molar-refractivity contribution is 7.92. The SMILES string of the molecule is CCCCNC(=O)[C@H](CC)N(Cc1c(Cl)cccc1Cl)C(=O)CN(c1cc(Cl)ccc1OC)S(=O)(=O)c1ccc(C)cc1. The summed E-state index contributed by atoms with van der Waals surface area (Å²) in [5.74, 6) is -0.815. The van der Waals surface area contributed by atoms with Gasteiger partial charge in [-0.25, -0.2) is 8.42 Å². The molecule has 0 fully saturated rings. The molecule has 1 atom stereocenters. The van der Waals surface area contributed by atoms with Crippen LogP contribution in [-0.2, 0) is 26.2 Å². The van der Waals surface area contributed by atoms with Crippen LogP contribution in [0.5, 0.6) is 5.75 Å². The molecule has 0 aliphatic rings. The van der Waals surface area contributed by atoms with Gasteiger partial charge in [0.1, 0.15) is 18.3 Å². The van der Waals surface area contributed by atoms with Crippen molar-refractivity contribution < 1.29 is 22.7 Å². The van der Waals surface area contributed by atoms with Crippen LogP contribution >= 0.6 is 34.8 Å². The summed E-state index contributed by atoms with van der Waals surface area (Å²) in [5, 5.41) is 3.76. The lowest BCUT2D eigenvalue weighted by atomic mass is 10.1. The number of hydrogen-bond acceptors (Lipinski definition) is 5. The van der Waals surface area contributed by atoms with E-state index in [0.29, 0.717) is 22.2 Å². The molecule has 8 nitrogen and oxygen atoms in total. The van der Waals surface area contributed by atoms with E-state index >= 15 is 0 Å². The highest BCUT2D eigenvalue weighted by Crippen LogP contribution is 2.35. The minimum absolute atomic E-state index is 0.0297. The topological polar surface area (TPSA) is 96.0 Å². The second kappa shape index (κ2) is 15.7. The molecule has 0 aliphatic carbocycles. The van der Waals surface area contributed by atoms with E-state index in [4.69, 9.17) is 39.5 Å². The molecule has 0 bridgehead atoms. The fourth-order valence-corrected chi connectivity index (χ4v) is 6.59. The lowest BCUT2D eigenvalue weighted by Crippen LogP contribution is -2.52. The van der Waals surface area contributed by atoms with E-state index in [9.17, 15) is 18.0 Å². The first-order chi connectivity index (χ1) is 20.4. The molecule has 0 aromatic heterocycles. The molecule has 0 saturated heterocycles. The molecule has 0 saturated carbocycles. The normalized spacial score (nSPS) is 12.0. The number of rotatable bonds is 14. The van der Waals surface area contributed by atoms with Gasteiger partial charge in [-0.1, -0.05) is 78.8 Å². The number of nitrogens with zero attached hydrogens (tertiary/aromatic N) is 2. The van der Waals surface area contributed by atoms with Crippen molar-refractivity contribution in [2.45, 2.75) is 57.5 Å². The molecular weight excluding hydrogens is 633 g/mol. The average Bonchev–Trinajstić information content (AvgIpc) is 2.97. The van der Waals surface area contributed by atoms with Gasteiger partial charge >= 0.3 is 0 Å². The third-order valence-corrected chi connectivity index (χ3v) is 9.62. The third-order valence-electron chi connectivity index (χ3n) is 6.90. The van der Waals surface area contributed by atoms with Crippen molar-refractivity contribution in [3.05, 3.63) is 86.9 Å².